The molecule has 0 saturated heterocycles. The second kappa shape index (κ2) is 15.6. The summed E-state index contributed by atoms with van der Waals surface area (Å²) in [6.07, 6.45) is 24.9. The summed E-state index contributed by atoms with van der Waals surface area (Å²) in [7, 11) is 0. The maximum absolute atomic E-state index is 12.2. The van der Waals surface area contributed by atoms with E-state index in [2.05, 4.69) is 10.6 Å². The van der Waals surface area contributed by atoms with E-state index >= 15 is 0 Å². The highest BCUT2D eigenvalue weighted by atomic mass is 16.3. The lowest BCUT2D eigenvalue weighted by atomic mass is 9.85. The zero-order valence-corrected chi connectivity index (χ0v) is 21.5. The van der Waals surface area contributed by atoms with Crippen LogP contribution >= 0.6 is 0 Å². The SMILES string of the molecule is C/C=C/C=C/C=C/C=C/C(=O)NC1=C[C@@](O)(/C=C/C=C/C=C/C=C/C(=O)NC2=C(O)CCC2=O)[C@H](O)CC1=O. The molecule has 0 aromatic rings. The van der Waals surface area contributed by atoms with Crippen molar-refractivity contribution in [2.75, 3.05) is 0 Å². The molecule has 0 fully saturated rings. The van der Waals surface area contributed by atoms with E-state index in [0.717, 1.165) is 6.08 Å². The third-order valence-electron chi connectivity index (χ3n) is 5.41. The van der Waals surface area contributed by atoms with Crippen LogP contribution in [0.4, 0.5) is 0 Å². The van der Waals surface area contributed by atoms with Gasteiger partial charge >= 0.3 is 0 Å². The van der Waals surface area contributed by atoms with Gasteiger partial charge in [-0.15, -0.1) is 0 Å². The standard InChI is InChI=1S/C30H32N2O7/c1-2-3-4-5-6-9-12-15-27(37)31-22-21-30(39,26(36)20-25(22)35)19-14-11-8-7-10-13-16-28(38)32-29-23(33)17-18-24(29)34/h2-16,19,21,26,33,36,39H,17-18,20H2,1H3,(H,31,37)(H,32,38)/b3-2+,5-4+,9-6+,10-7+,11-8+,15-12+,16-13+,19-14+/t26-,30+/m1/s1. The molecule has 9 heteroatoms. The number of ketones is 2. The first-order chi connectivity index (χ1) is 18.7. The Morgan fingerprint density at radius 1 is 0.821 bits per heavy atom. The zero-order valence-electron chi connectivity index (χ0n) is 21.5. The first-order valence-electron chi connectivity index (χ1n) is 12.2. The number of aliphatic hydroxyl groups is 3. The van der Waals surface area contributed by atoms with Crippen molar-refractivity contribution in [3.05, 3.63) is 120 Å². The van der Waals surface area contributed by atoms with E-state index in [0.29, 0.717) is 0 Å². The van der Waals surface area contributed by atoms with Gasteiger partial charge in [0, 0.05) is 31.4 Å². The molecule has 0 radical (unpaired) electrons. The van der Waals surface area contributed by atoms with Gasteiger partial charge in [0.05, 0.1) is 11.8 Å². The Morgan fingerprint density at radius 3 is 1.92 bits per heavy atom. The Balaban J connectivity index is 1.91. The van der Waals surface area contributed by atoms with Crippen molar-refractivity contribution < 1.29 is 34.5 Å². The van der Waals surface area contributed by atoms with Gasteiger partial charge in [0.1, 0.15) is 17.1 Å². The smallest absolute Gasteiger partial charge is 0.248 e. The Bertz CT molecular complexity index is 1260. The molecule has 0 unspecified atom stereocenters. The summed E-state index contributed by atoms with van der Waals surface area (Å²) in [5, 5.41) is 35.4. The molecule has 0 bridgehead atoms. The van der Waals surface area contributed by atoms with Crippen LogP contribution in [-0.4, -0.2) is 50.4 Å². The molecule has 0 saturated carbocycles. The Morgan fingerprint density at radius 2 is 1.36 bits per heavy atom. The van der Waals surface area contributed by atoms with Crippen LogP contribution in [0.5, 0.6) is 0 Å². The van der Waals surface area contributed by atoms with E-state index in [4.69, 9.17) is 0 Å². The predicted molar refractivity (Wildman–Crippen MR) is 148 cm³/mol. The van der Waals surface area contributed by atoms with E-state index in [1.54, 1.807) is 42.5 Å². The average Bonchev–Trinajstić information content (AvgIpc) is 3.20. The lowest BCUT2D eigenvalue weighted by molar-refractivity contribution is -0.124. The third kappa shape index (κ3) is 10.4. The minimum atomic E-state index is -1.87. The minimum Gasteiger partial charge on any atom is -0.510 e. The Kier molecular flexibility index (Phi) is 12.3. The summed E-state index contributed by atoms with van der Waals surface area (Å²) in [5.41, 5.74) is -2.06. The van der Waals surface area contributed by atoms with Crippen LogP contribution in [0.3, 0.4) is 0 Å². The summed E-state index contributed by atoms with van der Waals surface area (Å²) in [4.78, 5) is 47.7. The molecule has 9 nitrogen and oxygen atoms in total. The van der Waals surface area contributed by atoms with Gasteiger partial charge in [-0.3, -0.25) is 19.2 Å². The van der Waals surface area contributed by atoms with Crippen molar-refractivity contribution in [1.82, 2.24) is 10.6 Å². The molecule has 2 atom stereocenters. The van der Waals surface area contributed by atoms with Gasteiger partial charge in [0.25, 0.3) is 0 Å². The zero-order chi connectivity index (χ0) is 28.7. The van der Waals surface area contributed by atoms with Crippen molar-refractivity contribution in [1.29, 1.82) is 0 Å². The van der Waals surface area contributed by atoms with Gasteiger partial charge in [-0.05, 0) is 19.1 Å². The number of aliphatic hydroxyl groups excluding tert-OH is 2. The predicted octanol–water partition coefficient (Wildman–Crippen LogP) is 2.77. The van der Waals surface area contributed by atoms with E-state index in [1.807, 2.05) is 25.2 Å². The van der Waals surface area contributed by atoms with E-state index in [1.165, 1.54) is 36.5 Å². The molecule has 2 aliphatic rings. The number of amides is 2. The highest BCUT2D eigenvalue weighted by molar-refractivity contribution is 6.03. The molecule has 2 aliphatic carbocycles. The van der Waals surface area contributed by atoms with Gasteiger partial charge < -0.3 is 26.0 Å². The van der Waals surface area contributed by atoms with Crippen molar-refractivity contribution in [3.63, 3.8) is 0 Å². The van der Waals surface area contributed by atoms with Crippen LogP contribution in [0.25, 0.3) is 0 Å². The number of carbonyl (C=O) groups excluding carboxylic acids is 4. The van der Waals surface area contributed by atoms with Crippen molar-refractivity contribution >= 4 is 23.4 Å². The van der Waals surface area contributed by atoms with Crippen molar-refractivity contribution in [3.8, 4) is 0 Å². The van der Waals surface area contributed by atoms with E-state index < -0.39 is 29.3 Å². The molecule has 0 heterocycles. The van der Waals surface area contributed by atoms with Gasteiger partial charge in [0.2, 0.25) is 11.8 Å². The maximum atomic E-state index is 12.2. The van der Waals surface area contributed by atoms with Crippen LogP contribution in [0, 0.1) is 0 Å². The van der Waals surface area contributed by atoms with Crippen LogP contribution in [0.2, 0.25) is 0 Å². The molecular formula is C30H32N2O7. The molecule has 0 aliphatic heterocycles. The third-order valence-corrected chi connectivity index (χ3v) is 5.41. The number of hydrogen-bond donors (Lipinski definition) is 5. The quantitative estimate of drug-likeness (QED) is 0.203. The van der Waals surface area contributed by atoms with Crippen LogP contribution in [0.1, 0.15) is 26.2 Å². The molecule has 0 aromatic heterocycles. The highest BCUT2D eigenvalue weighted by Crippen LogP contribution is 2.25. The summed E-state index contributed by atoms with van der Waals surface area (Å²) in [6.45, 7) is 1.89. The normalized spacial score (nSPS) is 22.9. The number of rotatable bonds is 11. The van der Waals surface area contributed by atoms with Gasteiger partial charge in [-0.1, -0.05) is 79.0 Å². The fourth-order valence-electron chi connectivity index (χ4n) is 3.37. The largest absolute Gasteiger partial charge is 0.510 e. The average molecular weight is 533 g/mol. The second-order valence-electron chi connectivity index (χ2n) is 8.45. The topological polar surface area (TPSA) is 153 Å². The first kappa shape index (κ1) is 30.6. The molecule has 204 valence electrons. The van der Waals surface area contributed by atoms with E-state index in [-0.39, 0.29) is 42.2 Å². The fourth-order valence-corrected chi connectivity index (χ4v) is 3.37. The summed E-state index contributed by atoms with van der Waals surface area (Å²) in [5.74, 6) is -2.06. The van der Waals surface area contributed by atoms with Crippen LogP contribution < -0.4 is 10.6 Å². The van der Waals surface area contributed by atoms with Crippen molar-refractivity contribution in [2.24, 2.45) is 0 Å². The number of allylic oxidation sites excluding steroid dienone is 16. The minimum absolute atomic E-state index is 0.0718. The number of carbonyl (C=O) groups is 4. The van der Waals surface area contributed by atoms with Gasteiger partial charge in [-0.25, -0.2) is 0 Å². The summed E-state index contributed by atoms with van der Waals surface area (Å²) in [6, 6.07) is 0. The molecule has 39 heavy (non-hydrogen) atoms. The molecule has 2 rings (SSSR count). The van der Waals surface area contributed by atoms with E-state index in [9.17, 15) is 34.5 Å². The van der Waals surface area contributed by atoms with Gasteiger partial charge in [-0.2, -0.15) is 0 Å². The number of nitrogens with one attached hydrogen (secondary N) is 2. The molecular weight excluding hydrogens is 500 g/mol. The maximum Gasteiger partial charge on any atom is 0.248 e. The number of hydrogen-bond acceptors (Lipinski definition) is 7. The molecule has 0 aromatic carbocycles. The highest BCUT2D eigenvalue weighted by Gasteiger charge is 2.38. The van der Waals surface area contributed by atoms with Crippen molar-refractivity contribution in [2.45, 2.75) is 37.9 Å². The lowest BCUT2D eigenvalue weighted by Gasteiger charge is -2.31. The lowest BCUT2D eigenvalue weighted by Crippen LogP contribution is -2.46. The monoisotopic (exact) mass is 532 g/mol. The summed E-state index contributed by atoms with van der Waals surface area (Å²) >= 11 is 0. The molecule has 5 N–H and O–H groups in total. The molecule has 0 spiro atoms. The summed E-state index contributed by atoms with van der Waals surface area (Å²) < 4.78 is 0. The fraction of sp³-hybridized carbons (Fsp3) is 0.200. The Labute approximate surface area is 227 Å². The Hall–Kier alpha value is -4.60. The number of Topliss-reactive ketones (excluding diaryl/α,β-unsaturated/α-hetero) is 2. The second-order valence-corrected chi connectivity index (χ2v) is 8.45. The first-order valence-corrected chi connectivity index (χ1v) is 12.2. The molecule has 2 amide bonds. The van der Waals surface area contributed by atoms with Gasteiger partial charge in [0.15, 0.2) is 11.6 Å². The van der Waals surface area contributed by atoms with Crippen LogP contribution in [-0.2, 0) is 19.2 Å². The van der Waals surface area contributed by atoms with Crippen LogP contribution in [0.15, 0.2) is 120 Å².